The third-order valence-corrected chi connectivity index (χ3v) is 2.66. The van der Waals surface area contributed by atoms with Gasteiger partial charge in [-0.05, 0) is 26.2 Å². The molecule has 56 valence electrons. The van der Waals surface area contributed by atoms with Crippen molar-refractivity contribution in [2.75, 3.05) is 0 Å². The first-order chi connectivity index (χ1) is 4.76. The lowest BCUT2D eigenvalue weighted by atomic mass is 9.86. The van der Waals surface area contributed by atoms with E-state index in [1.165, 1.54) is 0 Å². The zero-order valence-electron chi connectivity index (χ0n) is 6.22. The predicted octanol–water partition coefficient (Wildman–Crippen LogP) is 1.29. The van der Waals surface area contributed by atoms with Gasteiger partial charge in [-0.25, -0.2) is 0 Å². The lowest BCUT2D eigenvalue weighted by Crippen LogP contribution is -2.30. The van der Waals surface area contributed by atoms with Gasteiger partial charge in [-0.2, -0.15) is 0 Å². The van der Waals surface area contributed by atoms with Crippen LogP contribution >= 0.6 is 0 Å². The Kier molecular flexibility index (Phi) is 1.15. The van der Waals surface area contributed by atoms with E-state index in [1.54, 1.807) is 0 Å². The number of ketones is 1. The number of epoxide rings is 1. The van der Waals surface area contributed by atoms with E-state index < -0.39 is 0 Å². The minimum absolute atomic E-state index is 0.209. The van der Waals surface area contributed by atoms with Crippen LogP contribution in [0.1, 0.15) is 32.6 Å². The van der Waals surface area contributed by atoms with Gasteiger partial charge in [-0.3, -0.25) is 4.79 Å². The van der Waals surface area contributed by atoms with Crippen molar-refractivity contribution in [1.29, 1.82) is 0 Å². The van der Waals surface area contributed by atoms with Crippen LogP contribution in [0.15, 0.2) is 0 Å². The van der Waals surface area contributed by atoms with E-state index in [1.807, 2.05) is 6.92 Å². The number of rotatable bonds is 0. The van der Waals surface area contributed by atoms with Crippen LogP contribution in [0, 0.1) is 0 Å². The first-order valence-electron chi connectivity index (χ1n) is 3.97. The molecular weight excluding hydrogens is 128 g/mol. The summed E-state index contributed by atoms with van der Waals surface area (Å²) in [5.41, 5.74) is -0.293. The summed E-state index contributed by atoms with van der Waals surface area (Å²) in [4.78, 5) is 11.3. The number of carbonyl (C=O) groups excluding carboxylic acids is 1. The van der Waals surface area contributed by atoms with Crippen molar-refractivity contribution < 1.29 is 9.53 Å². The molecule has 0 N–H and O–H groups in total. The van der Waals surface area contributed by atoms with Crippen molar-refractivity contribution in [3.8, 4) is 0 Å². The highest BCUT2D eigenvalue weighted by atomic mass is 16.6. The summed E-state index contributed by atoms with van der Waals surface area (Å²) in [5, 5.41) is 0. The molecule has 2 fully saturated rings. The van der Waals surface area contributed by atoms with E-state index in [2.05, 4.69) is 0 Å². The highest BCUT2D eigenvalue weighted by Crippen LogP contribution is 2.45. The first kappa shape index (κ1) is 6.35. The maximum atomic E-state index is 11.3. The molecule has 2 heteroatoms. The van der Waals surface area contributed by atoms with Gasteiger partial charge in [0, 0.05) is 6.42 Å². The van der Waals surface area contributed by atoms with Gasteiger partial charge in [-0.1, -0.05) is 0 Å². The number of carbonyl (C=O) groups is 1. The molecule has 0 unspecified atom stereocenters. The highest BCUT2D eigenvalue weighted by molar-refractivity contribution is 5.91. The maximum Gasteiger partial charge on any atom is 0.167 e. The standard InChI is InChI=1S/C8H12O2/c1-6-8(10-6)5-3-2-4-7(8)9/h6H,2-5H2,1H3/t6-,8-/m1/s1. The second-order valence-corrected chi connectivity index (χ2v) is 3.28. The first-order valence-corrected chi connectivity index (χ1v) is 3.97. The second-order valence-electron chi connectivity index (χ2n) is 3.28. The fraction of sp³-hybridized carbons (Fsp3) is 0.875. The van der Waals surface area contributed by atoms with Crippen LogP contribution in [-0.2, 0) is 9.53 Å². The average Bonchev–Trinajstić information content (AvgIpc) is 2.53. The Labute approximate surface area is 60.6 Å². The monoisotopic (exact) mass is 140 g/mol. The molecule has 0 amide bonds. The summed E-state index contributed by atoms with van der Waals surface area (Å²) >= 11 is 0. The number of ether oxygens (including phenoxy) is 1. The quantitative estimate of drug-likeness (QED) is 0.474. The summed E-state index contributed by atoms with van der Waals surface area (Å²) in [5.74, 6) is 0.339. The Hall–Kier alpha value is -0.370. The second kappa shape index (κ2) is 1.82. The van der Waals surface area contributed by atoms with Crippen molar-refractivity contribution in [2.24, 2.45) is 0 Å². The van der Waals surface area contributed by atoms with Crippen molar-refractivity contribution in [3.63, 3.8) is 0 Å². The van der Waals surface area contributed by atoms with Gasteiger partial charge in [0.25, 0.3) is 0 Å². The number of hydrogen-bond acceptors (Lipinski definition) is 2. The summed E-state index contributed by atoms with van der Waals surface area (Å²) in [7, 11) is 0. The summed E-state index contributed by atoms with van der Waals surface area (Å²) in [6.45, 7) is 1.99. The molecular formula is C8H12O2. The van der Waals surface area contributed by atoms with Gasteiger partial charge in [0.2, 0.25) is 0 Å². The van der Waals surface area contributed by atoms with Crippen LogP contribution in [0.25, 0.3) is 0 Å². The topological polar surface area (TPSA) is 29.6 Å². The Balaban J connectivity index is 2.13. The third kappa shape index (κ3) is 0.655. The van der Waals surface area contributed by atoms with Crippen LogP contribution in [0.3, 0.4) is 0 Å². The number of hydrogen-bond donors (Lipinski definition) is 0. The zero-order chi connectivity index (χ0) is 7.19. The molecule has 0 aromatic carbocycles. The van der Waals surface area contributed by atoms with Crippen molar-refractivity contribution in [1.82, 2.24) is 0 Å². The minimum Gasteiger partial charge on any atom is -0.358 e. The van der Waals surface area contributed by atoms with Gasteiger partial charge in [0.05, 0.1) is 6.10 Å². The molecule has 2 nitrogen and oxygen atoms in total. The normalized spacial score (nSPS) is 46.1. The lowest BCUT2D eigenvalue weighted by Gasteiger charge is -2.16. The SMILES string of the molecule is C[C@H]1O[C@]12CCCCC2=O. The molecule has 10 heavy (non-hydrogen) atoms. The Morgan fingerprint density at radius 2 is 2.30 bits per heavy atom. The summed E-state index contributed by atoms with van der Waals surface area (Å²) < 4.78 is 5.31. The van der Waals surface area contributed by atoms with E-state index in [9.17, 15) is 4.79 Å². The molecule has 1 heterocycles. The maximum absolute atomic E-state index is 11.3. The fourth-order valence-electron chi connectivity index (χ4n) is 1.86. The molecule has 1 aliphatic heterocycles. The Morgan fingerprint density at radius 1 is 1.60 bits per heavy atom. The molecule has 1 saturated carbocycles. The number of Topliss-reactive ketones (excluding diaryl/α,β-unsaturated/α-hetero) is 1. The van der Waals surface area contributed by atoms with E-state index >= 15 is 0 Å². The summed E-state index contributed by atoms with van der Waals surface area (Å²) in [6, 6.07) is 0. The average molecular weight is 140 g/mol. The van der Waals surface area contributed by atoms with Gasteiger partial charge in [0.1, 0.15) is 0 Å². The molecule has 0 bridgehead atoms. The highest BCUT2D eigenvalue weighted by Gasteiger charge is 2.59. The lowest BCUT2D eigenvalue weighted by molar-refractivity contribution is -0.125. The molecule has 0 aromatic heterocycles. The van der Waals surface area contributed by atoms with Crippen molar-refractivity contribution in [3.05, 3.63) is 0 Å². The fourth-order valence-corrected chi connectivity index (χ4v) is 1.86. The summed E-state index contributed by atoms with van der Waals surface area (Å²) in [6.07, 6.45) is 4.14. The van der Waals surface area contributed by atoms with E-state index in [4.69, 9.17) is 4.74 Å². The van der Waals surface area contributed by atoms with Crippen LogP contribution in [0.4, 0.5) is 0 Å². The molecule has 1 saturated heterocycles. The molecule has 1 spiro atoms. The third-order valence-electron chi connectivity index (χ3n) is 2.66. The molecule has 1 aliphatic carbocycles. The van der Waals surface area contributed by atoms with E-state index in [0.717, 1.165) is 25.7 Å². The molecule has 2 aliphatic rings. The minimum atomic E-state index is -0.293. The van der Waals surface area contributed by atoms with E-state index in [-0.39, 0.29) is 11.7 Å². The Bertz CT molecular complexity index is 176. The largest absolute Gasteiger partial charge is 0.358 e. The van der Waals surface area contributed by atoms with Gasteiger partial charge in [0.15, 0.2) is 11.4 Å². The van der Waals surface area contributed by atoms with Crippen molar-refractivity contribution in [2.45, 2.75) is 44.3 Å². The van der Waals surface area contributed by atoms with E-state index in [0.29, 0.717) is 5.78 Å². The van der Waals surface area contributed by atoms with Crippen LogP contribution in [0.5, 0.6) is 0 Å². The van der Waals surface area contributed by atoms with Gasteiger partial charge >= 0.3 is 0 Å². The Morgan fingerprint density at radius 3 is 2.70 bits per heavy atom. The van der Waals surface area contributed by atoms with Crippen LogP contribution < -0.4 is 0 Å². The molecule has 0 aromatic rings. The molecule has 0 radical (unpaired) electrons. The molecule has 2 rings (SSSR count). The van der Waals surface area contributed by atoms with Gasteiger partial charge < -0.3 is 4.74 Å². The van der Waals surface area contributed by atoms with Crippen LogP contribution in [-0.4, -0.2) is 17.5 Å². The zero-order valence-corrected chi connectivity index (χ0v) is 6.22. The predicted molar refractivity (Wildman–Crippen MR) is 36.8 cm³/mol. The van der Waals surface area contributed by atoms with Crippen molar-refractivity contribution >= 4 is 5.78 Å². The van der Waals surface area contributed by atoms with Gasteiger partial charge in [-0.15, -0.1) is 0 Å². The smallest absolute Gasteiger partial charge is 0.167 e. The van der Waals surface area contributed by atoms with Crippen LogP contribution in [0.2, 0.25) is 0 Å². The molecule has 2 atom stereocenters.